The van der Waals surface area contributed by atoms with Gasteiger partial charge in [-0.3, -0.25) is 4.79 Å². The first-order valence-corrected chi connectivity index (χ1v) is 5.45. The number of ether oxygens (including phenoxy) is 1. The third-order valence-corrected chi connectivity index (χ3v) is 2.38. The average molecular weight is 221 g/mol. The minimum absolute atomic E-state index is 0.331. The van der Waals surface area contributed by atoms with Crippen molar-refractivity contribution in [2.75, 3.05) is 5.75 Å². The second-order valence-corrected chi connectivity index (χ2v) is 3.72. The molecule has 0 aliphatic carbocycles. The van der Waals surface area contributed by atoms with Crippen LogP contribution < -0.4 is 0 Å². The lowest BCUT2D eigenvalue weighted by molar-refractivity contribution is -0.145. The van der Waals surface area contributed by atoms with Gasteiger partial charge >= 0.3 is 5.97 Å². The van der Waals surface area contributed by atoms with Gasteiger partial charge in [-0.25, -0.2) is 0 Å². The normalized spacial score (nSPS) is 11.5. The van der Waals surface area contributed by atoms with Gasteiger partial charge in [0.15, 0.2) is 0 Å². The van der Waals surface area contributed by atoms with Crippen LogP contribution in [0.5, 0.6) is 0 Å². The number of thioether (sulfide) groups is 1. The summed E-state index contributed by atoms with van der Waals surface area (Å²) in [5.41, 5.74) is 0.912. The fourth-order valence-corrected chi connectivity index (χ4v) is 1.67. The Balaban J connectivity index is 2.72. The zero-order valence-corrected chi connectivity index (χ0v) is 9.16. The van der Waals surface area contributed by atoms with E-state index in [0.717, 1.165) is 17.3 Å². The van der Waals surface area contributed by atoms with E-state index < -0.39 is 0 Å². The van der Waals surface area contributed by atoms with Gasteiger partial charge < -0.3 is 4.74 Å². The molecular formula is C11H11NO2S. The first-order valence-electron chi connectivity index (χ1n) is 4.47. The Bertz CT molecular complexity index is 359. The van der Waals surface area contributed by atoms with E-state index in [0.29, 0.717) is 5.75 Å². The van der Waals surface area contributed by atoms with E-state index in [1.807, 2.05) is 35.7 Å². The summed E-state index contributed by atoms with van der Waals surface area (Å²) in [6.45, 7) is 1.37. The molecule has 0 fully saturated rings. The van der Waals surface area contributed by atoms with E-state index >= 15 is 0 Å². The number of nitrogens with zero attached hydrogens (tertiary/aromatic N) is 1. The molecule has 0 saturated heterocycles. The summed E-state index contributed by atoms with van der Waals surface area (Å²) in [7, 11) is 0. The molecule has 1 unspecified atom stereocenters. The molecule has 0 radical (unpaired) electrons. The first-order chi connectivity index (χ1) is 7.24. The highest BCUT2D eigenvalue weighted by Crippen LogP contribution is 2.21. The van der Waals surface area contributed by atoms with E-state index in [2.05, 4.69) is 0 Å². The molecule has 15 heavy (non-hydrogen) atoms. The second-order valence-electron chi connectivity index (χ2n) is 2.91. The predicted octanol–water partition coefficient (Wildman–Crippen LogP) is 2.51. The van der Waals surface area contributed by atoms with Gasteiger partial charge in [0.1, 0.15) is 11.5 Å². The summed E-state index contributed by atoms with van der Waals surface area (Å²) >= 11 is 1.08. The lowest BCUT2D eigenvalue weighted by atomic mass is 10.1. The van der Waals surface area contributed by atoms with Gasteiger partial charge in [-0.05, 0) is 17.3 Å². The van der Waals surface area contributed by atoms with Gasteiger partial charge in [-0.15, -0.1) is 0 Å². The van der Waals surface area contributed by atoms with Crippen LogP contribution in [0.3, 0.4) is 0 Å². The molecule has 1 aromatic rings. The molecule has 3 nitrogen and oxygen atoms in total. The molecular weight excluding hydrogens is 210 g/mol. The quantitative estimate of drug-likeness (QED) is 0.579. The van der Waals surface area contributed by atoms with Crippen molar-refractivity contribution >= 4 is 17.7 Å². The summed E-state index contributed by atoms with van der Waals surface area (Å²) < 4.78 is 5.13. The molecule has 0 saturated carbocycles. The summed E-state index contributed by atoms with van der Waals surface area (Å²) in [5, 5.41) is 10.4. The highest BCUT2D eigenvalue weighted by Gasteiger charge is 2.14. The maximum absolute atomic E-state index is 10.9. The minimum atomic E-state index is -0.339. The summed E-state index contributed by atoms with van der Waals surface area (Å²) in [6.07, 6.45) is -0.339. The van der Waals surface area contributed by atoms with Crippen LogP contribution in [0.25, 0.3) is 0 Å². The van der Waals surface area contributed by atoms with E-state index in [1.165, 1.54) is 6.92 Å². The zero-order chi connectivity index (χ0) is 11.1. The van der Waals surface area contributed by atoms with Crippen LogP contribution in [0.15, 0.2) is 30.3 Å². The Labute approximate surface area is 93.0 Å². The smallest absolute Gasteiger partial charge is 0.303 e. The number of hydrogen-bond acceptors (Lipinski definition) is 4. The van der Waals surface area contributed by atoms with Crippen molar-refractivity contribution in [1.82, 2.24) is 0 Å². The van der Waals surface area contributed by atoms with Crippen molar-refractivity contribution in [3.63, 3.8) is 0 Å². The maximum atomic E-state index is 10.9. The number of thiocyanates is 1. The summed E-state index contributed by atoms with van der Waals surface area (Å²) in [5.74, 6) is 0.127. The van der Waals surface area contributed by atoms with Crippen LogP contribution >= 0.6 is 11.8 Å². The molecule has 1 rings (SSSR count). The highest BCUT2D eigenvalue weighted by atomic mass is 32.2. The van der Waals surface area contributed by atoms with Gasteiger partial charge in [-0.1, -0.05) is 30.3 Å². The van der Waals surface area contributed by atoms with Crippen molar-refractivity contribution in [3.8, 4) is 5.40 Å². The molecule has 0 aliphatic heterocycles. The van der Waals surface area contributed by atoms with E-state index in [1.54, 1.807) is 0 Å². The van der Waals surface area contributed by atoms with Gasteiger partial charge in [0.25, 0.3) is 0 Å². The van der Waals surface area contributed by atoms with Crippen LogP contribution in [0.1, 0.15) is 18.6 Å². The van der Waals surface area contributed by atoms with Crippen molar-refractivity contribution < 1.29 is 9.53 Å². The fourth-order valence-electron chi connectivity index (χ4n) is 1.18. The van der Waals surface area contributed by atoms with Crippen molar-refractivity contribution in [2.24, 2.45) is 0 Å². The molecule has 0 heterocycles. The first kappa shape index (κ1) is 11.6. The van der Waals surface area contributed by atoms with E-state index in [-0.39, 0.29) is 12.1 Å². The molecule has 0 spiro atoms. The Morgan fingerprint density at radius 1 is 1.53 bits per heavy atom. The third kappa shape index (κ3) is 4.05. The molecule has 0 amide bonds. The molecule has 78 valence electrons. The van der Waals surface area contributed by atoms with E-state index in [9.17, 15) is 4.79 Å². The summed E-state index contributed by atoms with van der Waals surface area (Å²) in [6, 6.07) is 9.41. The van der Waals surface area contributed by atoms with Crippen LogP contribution in [0, 0.1) is 10.7 Å². The predicted molar refractivity (Wildman–Crippen MR) is 59.0 cm³/mol. The van der Waals surface area contributed by atoms with Crippen LogP contribution in [0.4, 0.5) is 0 Å². The molecule has 0 aliphatic rings. The van der Waals surface area contributed by atoms with Crippen LogP contribution in [-0.4, -0.2) is 11.7 Å². The number of nitriles is 1. The van der Waals surface area contributed by atoms with Gasteiger partial charge in [0, 0.05) is 12.7 Å². The number of hydrogen-bond donors (Lipinski definition) is 0. The number of carbonyl (C=O) groups excluding carboxylic acids is 1. The lowest BCUT2D eigenvalue weighted by Crippen LogP contribution is -2.10. The number of benzene rings is 1. The van der Waals surface area contributed by atoms with Gasteiger partial charge in [-0.2, -0.15) is 5.26 Å². The maximum Gasteiger partial charge on any atom is 0.303 e. The molecule has 1 atom stereocenters. The third-order valence-electron chi connectivity index (χ3n) is 1.78. The number of rotatable bonds is 4. The Morgan fingerprint density at radius 3 is 2.73 bits per heavy atom. The number of carbonyl (C=O) groups is 1. The standard InChI is InChI=1S/C11H11NO2S/c1-9(13)14-11(7-15-8-12)10-5-3-2-4-6-10/h2-6,11H,7H2,1H3. The van der Waals surface area contributed by atoms with Crippen molar-refractivity contribution in [1.29, 1.82) is 5.26 Å². The minimum Gasteiger partial charge on any atom is -0.457 e. The van der Waals surface area contributed by atoms with Crippen LogP contribution in [-0.2, 0) is 9.53 Å². The molecule has 4 heteroatoms. The summed E-state index contributed by atoms with van der Waals surface area (Å²) in [4.78, 5) is 10.9. The zero-order valence-electron chi connectivity index (χ0n) is 8.34. The molecule has 1 aromatic carbocycles. The van der Waals surface area contributed by atoms with Crippen LogP contribution in [0.2, 0.25) is 0 Å². The van der Waals surface area contributed by atoms with E-state index in [4.69, 9.17) is 10.00 Å². The second kappa shape index (κ2) is 6.10. The average Bonchev–Trinajstić information content (AvgIpc) is 2.25. The van der Waals surface area contributed by atoms with Crippen molar-refractivity contribution in [2.45, 2.75) is 13.0 Å². The Hall–Kier alpha value is -1.47. The SMILES string of the molecule is CC(=O)OC(CSC#N)c1ccccc1. The van der Waals surface area contributed by atoms with Crippen molar-refractivity contribution in [3.05, 3.63) is 35.9 Å². The Kier molecular flexibility index (Phi) is 4.72. The largest absolute Gasteiger partial charge is 0.457 e. The number of esters is 1. The fraction of sp³-hybridized carbons (Fsp3) is 0.273. The highest BCUT2D eigenvalue weighted by molar-refractivity contribution is 8.03. The Morgan fingerprint density at radius 2 is 2.20 bits per heavy atom. The van der Waals surface area contributed by atoms with Gasteiger partial charge in [0.05, 0.1) is 0 Å². The monoisotopic (exact) mass is 221 g/mol. The molecule has 0 N–H and O–H groups in total. The molecule has 0 bridgehead atoms. The van der Waals surface area contributed by atoms with Gasteiger partial charge in [0.2, 0.25) is 0 Å². The topological polar surface area (TPSA) is 50.1 Å². The molecule has 0 aromatic heterocycles. The lowest BCUT2D eigenvalue weighted by Gasteiger charge is -2.15.